The first-order valence-electron chi connectivity index (χ1n) is 7.34. The topological polar surface area (TPSA) is 55.1 Å². The number of nitrogens with two attached hydrogens (primary N) is 1. The number of anilines is 1. The number of hydrogen-bond acceptors (Lipinski definition) is 2. The Morgan fingerprint density at radius 2 is 1.68 bits per heavy atom. The van der Waals surface area contributed by atoms with Crippen LogP contribution in [0.5, 0.6) is 0 Å². The average molecular weight is 319 g/mol. The molecule has 3 nitrogen and oxygen atoms in total. The fourth-order valence-electron chi connectivity index (χ4n) is 2.20. The molecule has 2 aromatic carbocycles. The van der Waals surface area contributed by atoms with Crippen molar-refractivity contribution in [3.05, 3.63) is 65.7 Å². The van der Waals surface area contributed by atoms with E-state index in [1.165, 1.54) is 11.1 Å². The maximum Gasteiger partial charge on any atom is 0.240 e. The van der Waals surface area contributed by atoms with Crippen LogP contribution in [0.25, 0.3) is 0 Å². The number of halogens is 1. The van der Waals surface area contributed by atoms with E-state index in [2.05, 4.69) is 35.6 Å². The minimum atomic E-state index is -0.494. The lowest BCUT2D eigenvalue weighted by molar-refractivity contribution is -0.117. The first kappa shape index (κ1) is 18.2. The summed E-state index contributed by atoms with van der Waals surface area (Å²) in [5.41, 5.74) is 8.96. The number of nitrogens with one attached hydrogen (secondary N) is 1. The molecule has 22 heavy (non-hydrogen) atoms. The van der Waals surface area contributed by atoms with Crippen LogP contribution in [0.15, 0.2) is 54.6 Å². The second kappa shape index (κ2) is 9.23. The van der Waals surface area contributed by atoms with Crippen molar-refractivity contribution in [3.63, 3.8) is 0 Å². The van der Waals surface area contributed by atoms with Crippen molar-refractivity contribution in [2.24, 2.45) is 5.73 Å². The van der Waals surface area contributed by atoms with E-state index in [0.717, 1.165) is 24.9 Å². The van der Waals surface area contributed by atoms with Gasteiger partial charge in [0, 0.05) is 5.69 Å². The van der Waals surface area contributed by atoms with Gasteiger partial charge in [-0.3, -0.25) is 4.79 Å². The summed E-state index contributed by atoms with van der Waals surface area (Å²) in [4.78, 5) is 11.6. The van der Waals surface area contributed by atoms with E-state index in [9.17, 15) is 4.79 Å². The standard InChI is InChI=1S/C18H22N2O.ClH/c1-14(19)18(21)20-17-12-6-11-16(13-17)10-5-9-15-7-3-2-4-8-15;/h2-4,6-8,11-14H,5,9-10,19H2,1H3,(H,20,21);1H/t14-;/m0./s1. The molecular weight excluding hydrogens is 296 g/mol. The Morgan fingerprint density at radius 3 is 2.36 bits per heavy atom. The molecule has 0 heterocycles. The maximum absolute atomic E-state index is 11.6. The number of carbonyl (C=O) groups is 1. The molecule has 0 radical (unpaired) electrons. The number of benzene rings is 2. The summed E-state index contributed by atoms with van der Waals surface area (Å²) in [7, 11) is 0. The van der Waals surface area contributed by atoms with Crippen LogP contribution in [0.1, 0.15) is 24.5 Å². The van der Waals surface area contributed by atoms with Gasteiger partial charge >= 0.3 is 0 Å². The zero-order valence-electron chi connectivity index (χ0n) is 12.8. The Kier molecular flexibility index (Phi) is 7.64. The minimum absolute atomic E-state index is 0. The third-order valence-corrected chi connectivity index (χ3v) is 3.38. The monoisotopic (exact) mass is 318 g/mol. The fraction of sp³-hybridized carbons (Fsp3) is 0.278. The Labute approximate surface area is 138 Å². The number of carbonyl (C=O) groups excluding carboxylic acids is 1. The molecule has 2 aromatic rings. The van der Waals surface area contributed by atoms with Gasteiger partial charge in [0.25, 0.3) is 0 Å². The van der Waals surface area contributed by atoms with Gasteiger partial charge in [-0.2, -0.15) is 0 Å². The number of amides is 1. The predicted octanol–water partition coefficient (Wildman–Crippen LogP) is 3.57. The average Bonchev–Trinajstić information content (AvgIpc) is 2.48. The molecule has 0 aliphatic rings. The van der Waals surface area contributed by atoms with E-state index >= 15 is 0 Å². The van der Waals surface area contributed by atoms with Crippen LogP contribution in [-0.4, -0.2) is 11.9 Å². The summed E-state index contributed by atoms with van der Waals surface area (Å²) < 4.78 is 0. The van der Waals surface area contributed by atoms with Crippen LogP contribution in [0.4, 0.5) is 5.69 Å². The van der Waals surface area contributed by atoms with Gasteiger partial charge in [-0.15, -0.1) is 12.4 Å². The molecule has 0 spiro atoms. The highest BCUT2D eigenvalue weighted by Crippen LogP contribution is 2.14. The summed E-state index contributed by atoms with van der Waals surface area (Å²) in [6.45, 7) is 1.68. The Bertz CT molecular complexity index is 585. The number of hydrogen-bond donors (Lipinski definition) is 2. The molecule has 0 fully saturated rings. The van der Waals surface area contributed by atoms with Gasteiger partial charge in [0.15, 0.2) is 0 Å². The zero-order chi connectivity index (χ0) is 15.1. The normalized spacial score (nSPS) is 11.4. The lowest BCUT2D eigenvalue weighted by Crippen LogP contribution is -2.32. The molecular formula is C18H23ClN2O. The van der Waals surface area contributed by atoms with Crippen LogP contribution in [-0.2, 0) is 17.6 Å². The van der Waals surface area contributed by atoms with Gasteiger partial charge < -0.3 is 11.1 Å². The van der Waals surface area contributed by atoms with Crippen molar-refractivity contribution in [1.29, 1.82) is 0 Å². The molecule has 0 bridgehead atoms. The van der Waals surface area contributed by atoms with Gasteiger partial charge in [0.1, 0.15) is 0 Å². The lowest BCUT2D eigenvalue weighted by Gasteiger charge is -2.09. The van der Waals surface area contributed by atoms with Crippen molar-refractivity contribution in [2.45, 2.75) is 32.2 Å². The van der Waals surface area contributed by atoms with E-state index in [4.69, 9.17) is 5.73 Å². The molecule has 0 aliphatic carbocycles. The zero-order valence-corrected chi connectivity index (χ0v) is 13.6. The molecule has 0 unspecified atom stereocenters. The smallest absolute Gasteiger partial charge is 0.240 e. The molecule has 0 saturated carbocycles. The van der Waals surface area contributed by atoms with Crippen LogP contribution >= 0.6 is 12.4 Å². The van der Waals surface area contributed by atoms with Crippen LogP contribution < -0.4 is 11.1 Å². The second-order valence-electron chi connectivity index (χ2n) is 5.32. The highest BCUT2D eigenvalue weighted by atomic mass is 35.5. The SMILES string of the molecule is C[C@H](N)C(=O)Nc1cccc(CCCc2ccccc2)c1.Cl. The maximum atomic E-state index is 11.6. The molecule has 1 atom stereocenters. The quantitative estimate of drug-likeness (QED) is 0.855. The van der Waals surface area contributed by atoms with Crippen LogP contribution in [0.3, 0.4) is 0 Å². The Morgan fingerprint density at radius 1 is 1.05 bits per heavy atom. The van der Waals surface area contributed by atoms with Crippen molar-refractivity contribution in [1.82, 2.24) is 0 Å². The summed E-state index contributed by atoms with van der Waals surface area (Å²) in [5, 5.41) is 2.83. The molecule has 118 valence electrons. The van der Waals surface area contributed by atoms with E-state index in [1.54, 1.807) is 6.92 Å². The van der Waals surface area contributed by atoms with E-state index in [-0.39, 0.29) is 18.3 Å². The van der Waals surface area contributed by atoms with Crippen molar-refractivity contribution < 1.29 is 4.79 Å². The Balaban J connectivity index is 0.00000242. The summed E-state index contributed by atoms with van der Waals surface area (Å²) in [6, 6.07) is 17.9. The van der Waals surface area contributed by atoms with Crippen molar-refractivity contribution in [2.75, 3.05) is 5.32 Å². The van der Waals surface area contributed by atoms with Gasteiger partial charge in [-0.05, 0) is 49.4 Å². The molecule has 1 amide bonds. The lowest BCUT2D eigenvalue weighted by atomic mass is 10.0. The van der Waals surface area contributed by atoms with Gasteiger partial charge in [-0.25, -0.2) is 0 Å². The molecule has 0 aliphatic heterocycles. The van der Waals surface area contributed by atoms with Gasteiger partial charge in [0.05, 0.1) is 6.04 Å². The summed E-state index contributed by atoms with van der Waals surface area (Å²) in [6.07, 6.45) is 3.16. The molecule has 4 heteroatoms. The van der Waals surface area contributed by atoms with E-state index in [1.807, 2.05) is 24.3 Å². The minimum Gasteiger partial charge on any atom is -0.325 e. The van der Waals surface area contributed by atoms with Gasteiger partial charge in [0.2, 0.25) is 5.91 Å². The molecule has 2 rings (SSSR count). The third-order valence-electron chi connectivity index (χ3n) is 3.38. The first-order chi connectivity index (χ1) is 10.1. The molecule has 0 aromatic heterocycles. The fourth-order valence-corrected chi connectivity index (χ4v) is 2.20. The van der Waals surface area contributed by atoms with Crippen LogP contribution in [0, 0.1) is 0 Å². The van der Waals surface area contributed by atoms with E-state index in [0.29, 0.717) is 0 Å². The predicted molar refractivity (Wildman–Crippen MR) is 94.4 cm³/mol. The molecule has 3 N–H and O–H groups in total. The Hall–Kier alpha value is -1.84. The number of rotatable bonds is 6. The highest BCUT2D eigenvalue weighted by Gasteiger charge is 2.07. The highest BCUT2D eigenvalue weighted by molar-refractivity contribution is 5.94. The summed E-state index contributed by atoms with van der Waals surface area (Å²) >= 11 is 0. The van der Waals surface area contributed by atoms with Gasteiger partial charge in [-0.1, -0.05) is 42.5 Å². The first-order valence-corrected chi connectivity index (χ1v) is 7.34. The molecule has 0 saturated heterocycles. The van der Waals surface area contributed by atoms with E-state index < -0.39 is 6.04 Å². The largest absolute Gasteiger partial charge is 0.325 e. The van der Waals surface area contributed by atoms with Crippen LogP contribution in [0.2, 0.25) is 0 Å². The summed E-state index contributed by atoms with van der Waals surface area (Å²) in [5.74, 6) is -0.156. The third kappa shape index (κ3) is 5.88. The second-order valence-corrected chi connectivity index (χ2v) is 5.32. The van der Waals surface area contributed by atoms with Crippen molar-refractivity contribution in [3.8, 4) is 0 Å². The van der Waals surface area contributed by atoms with Crippen molar-refractivity contribution >= 4 is 24.0 Å². The number of aryl methyl sites for hydroxylation is 2.